The number of ether oxygens (including phenoxy) is 2. The highest BCUT2D eigenvalue weighted by molar-refractivity contribution is 5.68. The summed E-state index contributed by atoms with van der Waals surface area (Å²) in [6, 6.07) is 5.41. The molecule has 0 saturated carbocycles. The van der Waals surface area contributed by atoms with Gasteiger partial charge in [-0.3, -0.25) is 4.79 Å². The fourth-order valence-electron chi connectivity index (χ4n) is 2.45. The predicted octanol–water partition coefficient (Wildman–Crippen LogP) is 1.95. The van der Waals surface area contributed by atoms with Gasteiger partial charge in [0.15, 0.2) is 0 Å². The maximum atomic E-state index is 10.9. The number of hydrogen-bond acceptors (Lipinski definition) is 4. The van der Waals surface area contributed by atoms with Crippen LogP contribution in [0, 0.1) is 0 Å². The van der Waals surface area contributed by atoms with Crippen molar-refractivity contribution < 1.29 is 24.5 Å². The molecule has 108 valence electrons. The lowest BCUT2D eigenvalue weighted by Crippen LogP contribution is -2.23. The molecule has 0 aliphatic carbocycles. The first-order valence-electron chi connectivity index (χ1n) is 6.52. The first kappa shape index (κ1) is 14.4. The van der Waals surface area contributed by atoms with E-state index in [0.29, 0.717) is 24.5 Å². The largest absolute Gasteiger partial charge is 0.490 e. The molecule has 0 bridgehead atoms. The minimum absolute atomic E-state index is 0.0126. The predicted molar refractivity (Wildman–Crippen MR) is 73.2 cm³/mol. The molecule has 0 amide bonds. The fraction of sp³-hybridized carbons (Fsp3) is 0.400. The zero-order valence-corrected chi connectivity index (χ0v) is 11.1. The fourth-order valence-corrected chi connectivity index (χ4v) is 2.45. The third kappa shape index (κ3) is 3.11. The summed E-state index contributed by atoms with van der Waals surface area (Å²) in [6.45, 7) is 3.98. The van der Waals surface area contributed by atoms with Crippen molar-refractivity contribution >= 4 is 5.97 Å². The number of benzene rings is 1. The van der Waals surface area contributed by atoms with E-state index in [2.05, 4.69) is 6.58 Å². The molecule has 0 fully saturated rings. The van der Waals surface area contributed by atoms with Gasteiger partial charge in [0.05, 0.1) is 6.42 Å². The normalized spacial score (nSPS) is 20.1. The van der Waals surface area contributed by atoms with E-state index in [-0.39, 0.29) is 18.9 Å². The third-order valence-corrected chi connectivity index (χ3v) is 3.29. The first-order chi connectivity index (χ1) is 9.65. The summed E-state index contributed by atoms with van der Waals surface area (Å²) in [6.07, 6.45) is 1.60. The maximum Gasteiger partial charge on any atom is 0.307 e. The Balaban J connectivity index is 2.22. The molecule has 0 unspecified atom stereocenters. The zero-order valence-electron chi connectivity index (χ0n) is 11.1. The van der Waals surface area contributed by atoms with E-state index in [4.69, 9.17) is 19.7 Å². The van der Waals surface area contributed by atoms with Crippen molar-refractivity contribution in [2.75, 3.05) is 13.2 Å². The molecule has 2 atom stereocenters. The summed E-state index contributed by atoms with van der Waals surface area (Å²) in [5.74, 6) is 0.319. The van der Waals surface area contributed by atoms with Crippen LogP contribution in [0.5, 0.6) is 11.5 Å². The van der Waals surface area contributed by atoms with Crippen molar-refractivity contribution in [2.24, 2.45) is 0 Å². The monoisotopic (exact) mass is 278 g/mol. The van der Waals surface area contributed by atoms with Gasteiger partial charge < -0.3 is 19.7 Å². The van der Waals surface area contributed by atoms with Crippen LogP contribution in [0.15, 0.2) is 30.9 Å². The summed E-state index contributed by atoms with van der Waals surface area (Å²) >= 11 is 0. The van der Waals surface area contributed by atoms with Gasteiger partial charge in [0.2, 0.25) is 0 Å². The average Bonchev–Trinajstić information content (AvgIpc) is 2.74. The molecule has 2 rings (SSSR count). The van der Waals surface area contributed by atoms with Crippen LogP contribution in [0.2, 0.25) is 0 Å². The Morgan fingerprint density at radius 1 is 1.50 bits per heavy atom. The van der Waals surface area contributed by atoms with E-state index >= 15 is 0 Å². The van der Waals surface area contributed by atoms with Crippen molar-refractivity contribution in [3.05, 3.63) is 36.4 Å². The highest BCUT2D eigenvalue weighted by atomic mass is 16.5. The van der Waals surface area contributed by atoms with Crippen LogP contribution < -0.4 is 9.47 Å². The van der Waals surface area contributed by atoms with Crippen molar-refractivity contribution in [3.8, 4) is 11.5 Å². The van der Waals surface area contributed by atoms with E-state index in [1.807, 2.05) is 6.07 Å². The number of carbonyl (C=O) groups is 1. The molecule has 1 aliphatic rings. The van der Waals surface area contributed by atoms with Crippen molar-refractivity contribution in [3.63, 3.8) is 0 Å². The standard InChI is InChI=1S/C15H18O5/c1-2-7-19-10-3-4-13-12(8-10)11(5-6-16)14(20-13)9-15(17)18/h2-4,8,11,14,16H,1,5-7,9H2,(H,17,18)/t11-,14+/m0/s1. The molecule has 0 spiro atoms. The summed E-state index contributed by atoms with van der Waals surface area (Å²) in [5.41, 5.74) is 0.895. The second-order valence-corrected chi connectivity index (χ2v) is 4.67. The van der Waals surface area contributed by atoms with Crippen LogP contribution in [0.4, 0.5) is 0 Å². The lowest BCUT2D eigenvalue weighted by molar-refractivity contribution is -0.138. The molecule has 2 N–H and O–H groups in total. The molecule has 1 heterocycles. The summed E-state index contributed by atoms with van der Waals surface area (Å²) in [5, 5.41) is 18.1. The van der Waals surface area contributed by atoms with Crippen LogP contribution in [-0.2, 0) is 4.79 Å². The molecule has 20 heavy (non-hydrogen) atoms. The Bertz CT molecular complexity index is 497. The molecule has 0 aromatic heterocycles. The van der Waals surface area contributed by atoms with Crippen LogP contribution in [0.3, 0.4) is 0 Å². The number of carboxylic acid groups (broad SMARTS) is 1. The minimum Gasteiger partial charge on any atom is -0.490 e. The van der Waals surface area contributed by atoms with E-state index < -0.39 is 12.1 Å². The number of aliphatic carboxylic acids is 1. The second kappa shape index (κ2) is 6.43. The Hall–Kier alpha value is -2.01. The van der Waals surface area contributed by atoms with Crippen LogP contribution >= 0.6 is 0 Å². The minimum atomic E-state index is -0.908. The quantitative estimate of drug-likeness (QED) is 0.746. The van der Waals surface area contributed by atoms with Gasteiger partial charge in [0.1, 0.15) is 24.2 Å². The van der Waals surface area contributed by atoms with Gasteiger partial charge in [-0.2, -0.15) is 0 Å². The highest BCUT2D eigenvalue weighted by Gasteiger charge is 2.35. The van der Waals surface area contributed by atoms with E-state index in [9.17, 15) is 4.79 Å². The number of hydrogen-bond donors (Lipinski definition) is 2. The molecular weight excluding hydrogens is 260 g/mol. The molecule has 5 heteroatoms. The smallest absolute Gasteiger partial charge is 0.307 e. The van der Waals surface area contributed by atoms with Gasteiger partial charge in [0.25, 0.3) is 0 Å². The van der Waals surface area contributed by atoms with Crippen LogP contribution in [0.25, 0.3) is 0 Å². The molecular formula is C15H18O5. The number of fused-ring (bicyclic) bond motifs is 1. The lowest BCUT2D eigenvalue weighted by atomic mass is 9.91. The zero-order chi connectivity index (χ0) is 14.5. The molecule has 1 aromatic carbocycles. The van der Waals surface area contributed by atoms with Gasteiger partial charge in [0, 0.05) is 18.1 Å². The SMILES string of the molecule is C=CCOc1ccc2c(c1)[C@H](CCO)[C@@H](CC(=O)O)O2. The van der Waals surface area contributed by atoms with Crippen LogP contribution in [0.1, 0.15) is 24.3 Å². The average molecular weight is 278 g/mol. The van der Waals surface area contributed by atoms with E-state index in [1.54, 1.807) is 18.2 Å². The topological polar surface area (TPSA) is 76.0 Å². The Morgan fingerprint density at radius 3 is 2.95 bits per heavy atom. The van der Waals surface area contributed by atoms with Crippen molar-refractivity contribution in [2.45, 2.75) is 24.9 Å². The molecule has 1 aliphatic heterocycles. The molecule has 0 radical (unpaired) electrons. The Labute approximate surface area is 117 Å². The number of aliphatic hydroxyl groups is 1. The van der Waals surface area contributed by atoms with Gasteiger partial charge in [-0.15, -0.1) is 0 Å². The van der Waals surface area contributed by atoms with Crippen molar-refractivity contribution in [1.82, 2.24) is 0 Å². The third-order valence-electron chi connectivity index (χ3n) is 3.29. The second-order valence-electron chi connectivity index (χ2n) is 4.67. The Morgan fingerprint density at radius 2 is 2.30 bits per heavy atom. The van der Waals surface area contributed by atoms with Gasteiger partial charge in [-0.1, -0.05) is 12.7 Å². The van der Waals surface area contributed by atoms with Crippen molar-refractivity contribution in [1.29, 1.82) is 0 Å². The lowest BCUT2D eigenvalue weighted by Gasteiger charge is -2.16. The molecule has 5 nitrogen and oxygen atoms in total. The molecule has 1 aromatic rings. The summed E-state index contributed by atoms with van der Waals surface area (Å²) in [4.78, 5) is 10.9. The van der Waals surface area contributed by atoms with E-state index in [0.717, 1.165) is 5.56 Å². The maximum absolute atomic E-state index is 10.9. The highest BCUT2D eigenvalue weighted by Crippen LogP contribution is 2.43. The number of rotatable bonds is 7. The number of carboxylic acids is 1. The molecule has 0 saturated heterocycles. The Kier molecular flexibility index (Phi) is 4.63. The van der Waals surface area contributed by atoms with E-state index in [1.165, 1.54) is 0 Å². The summed E-state index contributed by atoms with van der Waals surface area (Å²) < 4.78 is 11.1. The number of aliphatic hydroxyl groups excluding tert-OH is 1. The first-order valence-corrected chi connectivity index (χ1v) is 6.52. The van der Waals surface area contributed by atoms with Gasteiger partial charge in [-0.25, -0.2) is 0 Å². The van der Waals surface area contributed by atoms with Crippen LogP contribution in [-0.4, -0.2) is 35.5 Å². The summed E-state index contributed by atoms with van der Waals surface area (Å²) in [7, 11) is 0. The van der Waals surface area contributed by atoms with Gasteiger partial charge in [-0.05, 0) is 24.6 Å². The van der Waals surface area contributed by atoms with Gasteiger partial charge >= 0.3 is 5.97 Å².